The van der Waals surface area contributed by atoms with Crippen LogP contribution in [0.25, 0.3) is 22.0 Å². The summed E-state index contributed by atoms with van der Waals surface area (Å²) in [4.78, 5) is 0. The molecule has 16 heavy (non-hydrogen) atoms. The molecule has 0 unspecified atom stereocenters. The van der Waals surface area contributed by atoms with Crippen LogP contribution in [-0.2, 0) is 7.05 Å². The fourth-order valence-corrected chi connectivity index (χ4v) is 2.03. The van der Waals surface area contributed by atoms with Crippen molar-refractivity contribution in [3.05, 3.63) is 35.7 Å². The van der Waals surface area contributed by atoms with Gasteiger partial charge in [-0.25, -0.2) is 0 Å². The molecule has 5 heteroatoms. The van der Waals surface area contributed by atoms with E-state index in [1.807, 2.05) is 31.6 Å². The van der Waals surface area contributed by atoms with Crippen LogP contribution in [0.2, 0.25) is 5.02 Å². The molecule has 0 saturated heterocycles. The molecule has 0 aliphatic heterocycles. The Morgan fingerprint density at radius 2 is 2.19 bits per heavy atom. The van der Waals surface area contributed by atoms with Gasteiger partial charge in [-0.15, -0.1) is 0 Å². The van der Waals surface area contributed by atoms with Crippen LogP contribution in [0.1, 0.15) is 0 Å². The highest BCUT2D eigenvalue weighted by atomic mass is 35.5. The third-order valence-corrected chi connectivity index (χ3v) is 2.76. The van der Waals surface area contributed by atoms with Gasteiger partial charge in [0.2, 0.25) is 0 Å². The predicted molar refractivity (Wildman–Crippen MR) is 63.3 cm³/mol. The molecule has 4 nitrogen and oxygen atoms in total. The normalized spacial score (nSPS) is 11.1. The molecule has 80 valence electrons. The average molecular weight is 233 g/mol. The first-order valence-corrected chi connectivity index (χ1v) is 5.23. The van der Waals surface area contributed by atoms with E-state index >= 15 is 0 Å². The largest absolute Gasteiger partial charge is 0.278 e. The molecular formula is C11H9ClN4. The van der Waals surface area contributed by atoms with Crippen molar-refractivity contribution in [3.8, 4) is 11.1 Å². The van der Waals surface area contributed by atoms with Crippen LogP contribution in [0.5, 0.6) is 0 Å². The average Bonchev–Trinajstić information content (AvgIpc) is 2.84. The number of aromatic amines is 1. The quantitative estimate of drug-likeness (QED) is 0.701. The molecule has 1 aromatic carbocycles. The number of H-pyrrole nitrogens is 1. The number of fused-ring (bicyclic) bond motifs is 1. The molecule has 0 bridgehead atoms. The number of benzene rings is 1. The van der Waals surface area contributed by atoms with Crippen LogP contribution in [0.4, 0.5) is 0 Å². The molecule has 0 spiro atoms. The Bertz CT molecular complexity index is 653. The van der Waals surface area contributed by atoms with Crippen LogP contribution in [0.15, 0.2) is 30.7 Å². The zero-order chi connectivity index (χ0) is 11.1. The Balaban J connectivity index is 2.33. The second-order valence-electron chi connectivity index (χ2n) is 3.69. The summed E-state index contributed by atoms with van der Waals surface area (Å²) in [5.74, 6) is 0. The van der Waals surface area contributed by atoms with Crippen molar-refractivity contribution in [2.75, 3.05) is 0 Å². The van der Waals surface area contributed by atoms with Crippen molar-refractivity contribution < 1.29 is 0 Å². The van der Waals surface area contributed by atoms with E-state index < -0.39 is 0 Å². The van der Waals surface area contributed by atoms with Crippen LogP contribution in [0, 0.1) is 0 Å². The predicted octanol–water partition coefficient (Wildman–Crippen LogP) is 2.62. The third kappa shape index (κ3) is 1.39. The first kappa shape index (κ1) is 9.42. The van der Waals surface area contributed by atoms with E-state index in [-0.39, 0.29) is 0 Å². The molecule has 0 aliphatic rings. The molecule has 0 aliphatic carbocycles. The fraction of sp³-hybridized carbons (Fsp3) is 0.0909. The molecule has 0 fully saturated rings. The molecule has 3 rings (SSSR count). The van der Waals surface area contributed by atoms with Crippen molar-refractivity contribution in [2.24, 2.45) is 7.05 Å². The monoisotopic (exact) mass is 232 g/mol. The molecule has 0 radical (unpaired) electrons. The van der Waals surface area contributed by atoms with E-state index in [2.05, 4.69) is 15.3 Å². The van der Waals surface area contributed by atoms with Crippen molar-refractivity contribution in [1.82, 2.24) is 20.0 Å². The molecule has 2 aromatic heterocycles. The van der Waals surface area contributed by atoms with Crippen molar-refractivity contribution in [3.63, 3.8) is 0 Å². The summed E-state index contributed by atoms with van der Waals surface area (Å²) < 4.78 is 1.77. The van der Waals surface area contributed by atoms with Gasteiger partial charge in [-0.3, -0.25) is 9.78 Å². The van der Waals surface area contributed by atoms with Gasteiger partial charge in [0.05, 0.1) is 17.9 Å². The third-order valence-electron chi connectivity index (χ3n) is 2.54. The maximum atomic E-state index is 6.06. The first-order chi connectivity index (χ1) is 7.74. The molecule has 3 aromatic rings. The molecule has 0 atom stereocenters. The van der Waals surface area contributed by atoms with E-state index in [9.17, 15) is 0 Å². The summed E-state index contributed by atoms with van der Waals surface area (Å²) in [6.45, 7) is 0. The Morgan fingerprint density at radius 3 is 2.94 bits per heavy atom. The highest BCUT2D eigenvalue weighted by Gasteiger charge is 2.08. The second-order valence-corrected chi connectivity index (χ2v) is 4.12. The number of halogens is 1. The number of nitrogens with one attached hydrogen (secondary N) is 1. The number of nitrogens with zero attached hydrogens (tertiary/aromatic N) is 3. The lowest BCUT2D eigenvalue weighted by Gasteiger charge is -2.00. The van der Waals surface area contributed by atoms with Crippen molar-refractivity contribution in [2.45, 2.75) is 0 Å². The smallest absolute Gasteiger partial charge is 0.0671 e. The van der Waals surface area contributed by atoms with Crippen molar-refractivity contribution in [1.29, 1.82) is 0 Å². The number of aromatic nitrogens is 4. The Hall–Kier alpha value is -1.81. The maximum absolute atomic E-state index is 6.06. The lowest BCUT2D eigenvalue weighted by atomic mass is 10.1. The number of hydrogen-bond donors (Lipinski definition) is 1. The highest BCUT2D eigenvalue weighted by Crippen LogP contribution is 2.30. The summed E-state index contributed by atoms with van der Waals surface area (Å²) in [6.07, 6.45) is 5.57. The lowest BCUT2D eigenvalue weighted by molar-refractivity contribution is 0.768. The minimum absolute atomic E-state index is 0.690. The standard InChI is InChI=1S/C11H9ClN4/c1-16-6-7(4-14-16)9-2-8(12)3-11-10(9)5-13-15-11/h2-6H,1H3,(H,13,15). The van der Waals surface area contributed by atoms with E-state index in [4.69, 9.17) is 11.6 Å². The van der Waals surface area contributed by atoms with Gasteiger partial charge < -0.3 is 0 Å². The summed E-state index contributed by atoms with van der Waals surface area (Å²) in [7, 11) is 1.89. The van der Waals surface area contributed by atoms with Gasteiger partial charge in [-0.05, 0) is 17.7 Å². The Labute approximate surface area is 96.8 Å². The summed E-state index contributed by atoms with van der Waals surface area (Å²) in [5.41, 5.74) is 3.02. The molecule has 0 amide bonds. The molecular weight excluding hydrogens is 224 g/mol. The summed E-state index contributed by atoms with van der Waals surface area (Å²) >= 11 is 6.06. The van der Waals surface area contributed by atoms with Crippen LogP contribution >= 0.6 is 11.6 Å². The zero-order valence-electron chi connectivity index (χ0n) is 8.61. The van der Waals surface area contributed by atoms with Gasteiger partial charge in [-0.1, -0.05) is 11.6 Å². The van der Waals surface area contributed by atoms with Crippen LogP contribution < -0.4 is 0 Å². The van der Waals surface area contributed by atoms with E-state index in [0.717, 1.165) is 22.0 Å². The van der Waals surface area contributed by atoms with E-state index in [1.54, 1.807) is 10.9 Å². The Morgan fingerprint density at radius 1 is 1.31 bits per heavy atom. The summed E-state index contributed by atoms with van der Waals surface area (Å²) in [5, 5.41) is 12.8. The van der Waals surface area contributed by atoms with Gasteiger partial charge in [0.15, 0.2) is 0 Å². The molecule has 2 heterocycles. The fourth-order valence-electron chi connectivity index (χ4n) is 1.82. The highest BCUT2D eigenvalue weighted by molar-refractivity contribution is 6.31. The minimum atomic E-state index is 0.690. The van der Waals surface area contributed by atoms with Crippen molar-refractivity contribution >= 4 is 22.5 Å². The number of rotatable bonds is 1. The topological polar surface area (TPSA) is 46.5 Å². The Kier molecular flexibility index (Phi) is 1.97. The SMILES string of the molecule is Cn1cc(-c2cc(Cl)cc3[nH]ncc23)cn1. The summed E-state index contributed by atoms with van der Waals surface area (Å²) in [6, 6.07) is 3.79. The lowest BCUT2D eigenvalue weighted by Crippen LogP contribution is -1.84. The van der Waals surface area contributed by atoms with Gasteiger partial charge >= 0.3 is 0 Å². The molecule has 0 saturated carbocycles. The second kappa shape index (κ2) is 3.35. The number of aryl methyl sites for hydroxylation is 1. The van der Waals surface area contributed by atoms with Gasteiger partial charge in [0.25, 0.3) is 0 Å². The van der Waals surface area contributed by atoms with E-state index in [0.29, 0.717) is 5.02 Å². The maximum Gasteiger partial charge on any atom is 0.0671 e. The van der Waals surface area contributed by atoms with Crippen LogP contribution in [-0.4, -0.2) is 20.0 Å². The van der Waals surface area contributed by atoms with Crippen LogP contribution in [0.3, 0.4) is 0 Å². The van der Waals surface area contributed by atoms with E-state index in [1.165, 1.54) is 0 Å². The minimum Gasteiger partial charge on any atom is -0.278 e. The van der Waals surface area contributed by atoms with Gasteiger partial charge in [0, 0.05) is 29.2 Å². The van der Waals surface area contributed by atoms with Gasteiger partial charge in [0.1, 0.15) is 0 Å². The first-order valence-electron chi connectivity index (χ1n) is 4.86. The van der Waals surface area contributed by atoms with Gasteiger partial charge in [-0.2, -0.15) is 10.2 Å². The molecule has 1 N–H and O–H groups in total. The zero-order valence-corrected chi connectivity index (χ0v) is 9.36. The number of hydrogen-bond acceptors (Lipinski definition) is 2.